The van der Waals surface area contributed by atoms with Gasteiger partial charge in [0.15, 0.2) is 5.75 Å². The van der Waals surface area contributed by atoms with Crippen molar-refractivity contribution >= 4 is 27.5 Å². The van der Waals surface area contributed by atoms with Gasteiger partial charge in [-0.2, -0.15) is 0 Å². The standard InChI is InChI=1S/C19H18N2O4S/c22-14-10-21(9-12(16(14)23)17(24)25)11-19(7-3-4-8-19)18-20-13-5-1-2-6-15(13)26-18/h1-2,5-6,9-10,22H,3-4,7-8,11H2,(H,24,25). The van der Waals surface area contributed by atoms with Crippen molar-refractivity contribution in [2.75, 3.05) is 0 Å². The van der Waals surface area contributed by atoms with Gasteiger partial charge >= 0.3 is 5.97 Å². The summed E-state index contributed by atoms with van der Waals surface area (Å²) in [6.45, 7) is 0.487. The number of aromatic carboxylic acids is 1. The average Bonchev–Trinajstić information content (AvgIpc) is 3.25. The molecule has 0 unspecified atom stereocenters. The van der Waals surface area contributed by atoms with Crippen LogP contribution in [0, 0.1) is 0 Å². The van der Waals surface area contributed by atoms with Crippen molar-refractivity contribution in [3.8, 4) is 5.75 Å². The van der Waals surface area contributed by atoms with E-state index in [-0.39, 0.29) is 5.41 Å². The number of nitrogens with zero attached hydrogens (tertiary/aromatic N) is 2. The maximum absolute atomic E-state index is 11.8. The van der Waals surface area contributed by atoms with Gasteiger partial charge in [-0.15, -0.1) is 11.3 Å². The van der Waals surface area contributed by atoms with Crippen molar-refractivity contribution in [2.24, 2.45) is 0 Å². The Labute approximate surface area is 153 Å². The van der Waals surface area contributed by atoms with Crippen LogP contribution in [0.4, 0.5) is 0 Å². The fourth-order valence-corrected chi connectivity index (χ4v) is 5.00. The number of fused-ring (bicyclic) bond motifs is 1. The van der Waals surface area contributed by atoms with Gasteiger partial charge < -0.3 is 14.8 Å². The van der Waals surface area contributed by atoms with E-state index in [1.165, 1.54) is 12.4 Å². The van der Waals surface area contributed by atoms with Crippen molar-refractivity contribution in [1.82, 2.24) is 9.55 Å². The van der Waals surface area contributed by atoms with Crippen LogP contribution in [-0.2, 0) is 12.0 Å². The zero-order valence-electron chi connectivity index (χ0n) is 14.0. The fraction of sp³-hybridized carbons (Fsp3) is 0.316. The lowest BCUT2D eigenvalue weighted by molar-refractivity contribution is 0.0693. The number of aromatic nitrogens is 2. The molecule has 0 atom stereocenters. The second-order valence-corrected chi connectivity index (χ2v) is 7.87. The van der Waals surface area contributed by atoms with Gasteiger partial charge in [-0.25, -0.2) is 9.78 Å². The Bertz CT molecular complexity index is 1010. The second-order valence-electron chi connectivity index (χ2n) is 6.84. The predicted octanol–water partition coefficient (Wildman–Crippen LogP) is 3.37. The number of para-hydroxylation sites is 1. The van der Waals surface area contributed by atoms with E-state index in [9.17, 15) is 19.8 Å². The molecule has 1 aliphatic rings. The van der Waals surface area contributed by atoms with E-state index in [4.69, 9.17) is 4.98 Å². The third-order valence-electron chi connectivity index (χ3n) is 5.08. The number of rotatable bonds is 4. The van der Waals surface area contributed by atoms with Crippen LogP contribution in [0.2, 0.25) is 0 Å². The quantitative estimate of drug-likeness (QED) is 0.734. The molecule has 134 valence electrons. The van der Waals surface area contributed by atoms with Gasteiger partial charge in [0.25, 0.3) is 0 Å². The highest BCUT2D eigenvalue weighted by atomic mass is 32.1. The predicted molar refractivity (Wildman–Crippen MR) is 99.1 cm³/mol. The largest absolute Gasteiger partial charge is 0.503 e. The number of benzene rings is 1. The Morgan fingerprint density at radius 1 is 1.23 bits per heavy atom. The third kappa shape index (κ3) is 2.78. The first kappa shape index (κ1) is 16.8. The van der Waals surface area contributed by atoms with E-state index in [0.717, 1.165) is 40.9 Å². The molecule has 0 radical (unpaired) electrons. The molecule has 1 saturated carbocycles. The lowest BCUT2D eigenvalue weighted by Crippen LogP contribution is -2.29. The summed E-state index contributed by atoms with van der Waals surface area (Å²) in [6, 6.07) is 8.00. The molecule has 2 N–H and O–H groups in total. The van der Waals surface area contributed by atoms with Crippen LogP contribution >= 0.6 is 11.3 Å². The molecule has 0 saturated heterocycles. The highest BCUT2D eigenvalue weighted by Gasteiger charge is 2.39. The molecule has 1 fully saturated rings. The summed E-state index contributed by atoms with van der Waals surface area (Å²) in [7, 11) is 0. The van der Waals surface area contributed by atoms with Crippen molar-refractivity contribution in [2.45, 2.75) is 37.6 Å². The highest BCUT2D eigenvalue weighted by molar-refractivity contribution is 7.18. The minimum absolute atomic E-state index is 0.207. The van der Waals surface area contributed by atoms with E-state index in [0.29, 0.717) is 6.54 Å². The Balaban J connectivity index is 1.78. The molecule has 0 spiro atoms. The van der Waals surface area contributed by atoms with Crippen LogP contribution < -0.4 is 5.43 Å². The number of carboxylic acid groups (broad SMARTS) is 1. The van der Waals surface area contributed by atoms with Crippen LogP contribution in [-0.4, -0.2) is 25.7 Å². The molecule has 0 bridgehead atoms. The molecule has 4 rings (SSSR count). The Morgan fingerprint density at radius 3 is 2.65 bits per heavy atom. The van der Waals surface area contributed by atoms with Crippen molar-refractivity contribution < 1.29 is 15.0 Å². The van der Waals surface area contributed by atoms with Crippen LogP contribution in [0.25, 0.3) is 10.2 Å². The maximum atomic E-state index is 11.8. The first-order valence-corrected chi connectivity index (χ1v) is 9.33. The maximum Gasteiger partial charge on any atom is 0.341 e. The molecule has 1 aromatic carbocycles. The number of hydrogen-bond acceptors (Lipinski definition) is 5. The van der Waals surface area contributed by atoms with Crippen molar-refractivity contribution in [1.29, 1.82) is 0 Å². The minimum Gasteiger partial charge on any atom is -0.503 e. The molecule has 2 aromatic heterocycles. The zero-order valence-corrected chi connectivity index (χ0v) is 14.8. The Hall–Kier alpha value is -2.67. The Morgan fingerprint density at radius 2 is 1.96 bits per heavy atom. The van der Waals surface area contributed by atoms with Gasteiger partial charge in [-0.05, 0) is 25.0 Å². The summed E-state index contributed by atoms with van der Waals surface area (Å²) in [4.78, 5) is 27.9. The normalized spacial score (nSPS) is 16.2. The molecule has 0 aliphatic heterocycles. The lowest BCUT2D eigenvalue weighted by atomic mass is 9.86. The number of pyridine rings is 1. The van der Waals surface area contributed by atoms with E-state index in [1.54, 1.807) is 15.9 Å². The smallest absolute Gasteiger partial charge is 0.341 e. The molecule has 7 heteroatoms. The molecule has 2 heterocycles. The highest BCUT2D eigenvalue weighted by Crippen LogP contribution is 2.45. The SMILES string of the molecule is O=C(O)c1cn(CC2(c3nc4ccccc4s3)CCCC2)cc(O)c1=O. The molecular formula is C19H18N2O4S. The fourth-order valence-electron chi connectivity index (χ4n) is 3.80. The first-order chi connectivity index (χ1) is 12.5. The third-order valence-corrected chi connectivity index (χ3v) is 6.37. The van der Waals surface area contributed by atoms with Gasteiger partial charge in [0, 0.05) is 24.4 Å². The zero-order chi connectivity index (χ0) is 18.3. The lowest BCUT2D eigenvalue weighted by Gasteiger charge is -2.28. The molecular weight excluding hydrogens is 352 g/mol. The van der Waals surface area contributed by atoms with E-state index in [2.05, 4.69) is 0 Å². The topological polar surface area (TPSA) is 92.4 Å². The summed E-state index contributed by atoms with van der Waals surface area (Å²) in [5.41, 5.74) is -0.509. The molecule has 0 amide bonds. The van der Waals surface area contributed by atoms with Gasteiger partial charge in [0.2, 0.25) is 5.43 Å². The summed E-state index contributed by atoms with van der Waals surface area (Å²) < 4.78 is 2.75. The van der Waals surface area contributed by atoms with Crippen molar-refractivity contribution in [3.63, 3.8) is 0 Å². The monoisotopic (exact) mass is 370 g/mol. The van der Waals surface area contributed by atoms with E-state index in [1.807, 2.05) is 24.3 Å². The van der Waals surface area contributed by atoms with Gasteiger partial charge in [0.05, 0.1) is 10.2 Å². The van der Waals surface area contributed by atoms with Gasteiger partial charge in [-0.3, -0.25) is 4.79 Å². The van der Waals surface area contributed by atoms with Crippen LogP contribution in [0.15, 0.2) is 41.5 Å². The molecule has 26 heavy (non-hydrogen) atoms. The summed E-state index contributed by atoms with van der Waals surface area (Å²) in [5.74, 6) is -1.87. The second kappa shape index (κ2) is 6.25. The molecule has 6 nitrogen and oxygen atoms in total. The minimum atomic E-state index is -1.33. The Kier molecular flexibility index (Phi) is 4.03. The van der Waals surface area contributed by atoms with Crippen LogP contribution in [0.5, 0.6) is 5.75 Å². The average molecular weight is 370 g/mol. The van der Waals surface area contributed by atoms with Gasteiger partial charge in [0.1, 0.15) is 10.6 Å². The van der Waals surface area contributed by atoms with Crippen molar-refractivity contribution in [3.05, 3.63) is 57.5 Å². The summed E-state index contributed by atoms with van der Waals surface area (Å²) in [6.07, 6.45) is 6.69. The van der Waals surface area contributed by atoms with Crippen LogP contribution in [0.3, 0.4) is 0 Å². The number of thiazole rings is 1. The number of aromatic hydroxyl groups is 1. The van der Waals surface area contributed by atoms with Crippen LogP contribution in [0.1, 0.15) is 41.0 Å². The van der Waals surface area contributed by atoms with Gasteiger partial charge in [-0.1, -0.05) is 25.0 Å². The molecule has 3 aromatic rings. The molecule has 1 aliphatic carbocycles. The first-order valence-electron chi connectivity index (χ1n) is 8.51. The number of hydrogen-bond donors (Lipinski definition) is 2. The van der Waals surface area contributed by atoms with E-state index < -0.39 is 22.7 Å². The number of carbonyl (C=O) groups is 1. The van der Waals surface area contributed by atoms with E-state index >= 15 is 0 Å². The summed E-state index contributed by atoms with van der Waals surface area (Å²) >= 11 is 1.67. The summed E-state index contributed by atoms with van der Waals surface area (Å²) in [5, 5.41) is 20.1. The number of carboxylic acids is 1.